The van der Waals surface area contributed by atoms with Gasteiger partial charge in [0.2, 0.25) is 0 Å². The zero-order valence-corrected chi connectivity index (χ0v) is 7.19. The van der Waals surface area contributed by atoms with E-state index in [1.165, 1.54) is 6.07 Å². The summed E-state index contributed by atoms with van der Waals surface area (Å²) in [6, 6.07) is 6.32. The fourth-order valence-electron chi connectivity index (χ4n) is 0.869. The minimum Gasteiger partial charge on any atom is -0.276 e. The number of nitrogens with one attached hydrogen (secondary N) is 1. The Labute approximate surface area is 75.4 Å². The summed E-state index contributed by atoms with van der Waals surface area (Å²) < 4.78 is 0. The second-order valence-corrected chi connectivity index (χ2v) is 2.31. The number of para-hydroxylation sites is 2. The molecule has 0 fully saturated rings. The zero-order valence-electron chi connectivity index (χ0n) is 7.19. The molecule has 70 valence electrons. The van der Waals surface area contributed by atoms with Crippen molar-refractivity contribution in [3.05, 3.63) is 34.4 Å². The molecule has 5 heteroatoms. The van der Waals surface area contributed by atoms with Crippen molar-refractivity contribution in [1.82, 2.24) is 0 Å². The van der Waals surface area contributed by atoms with Crippen LogP contribution in [-0.2, 0) is 4.84 Å². The minimum atomic E-state index is -0.457. The summed E-state index contributed by atoms with van der Waals surface area (Å²) >= 11 is 0. The molecule has 0 aliphatic rings. The fraction of sp³-hybridized carbons (Fsp3) is 0.250. The molecule has 1 aromatic carbocycles. The van der Waals surface area contributed by atoms with Gasteiger partial charge in [-0.15, -0.1) is 0 Å². The highest BCUT2D eigenvalue weighted by Crippen LogP contribution is 2.22. The number of rotatable bonds is 4. The molecule has 0 spiro atoms. The molecular formula is C8H10N2O3. The van der Waals surface area contributed by atoms with Gasteiger partial charge in [0, 0.05) is 6.07 Å². The molecule has 1 N–H and O–H groups in total. The van der Waals surface area contributed by atoms with Crippen LogP contribution in [0.15, 0.2) is 24.3 Å². The van der Waals surface area contributed by atoms with Gasteiger partial charge in [-0.1, -0.05) is 12.1 Å². The van der Waals surface area contributed by atoms with Crippen molar-refractivity contribution in [3.63, 3.8) is 0 Å². The molecule has 0 radical (unpaired) electrons. The van der Waals surface area contributed by atoms with Gasteiger partial charge in [-0.2, -0.15) is 0 Å². The molecule has 0 aliphatic heterocycles. The first-order valence-electron chi connectivity index (χ1n) is 3.87. The van der Waals surface area contributed by atoms with E-state index in [0.717, 1.165) is 0 Å². The van der Waals surface area contributed by atoms with E-state index in [9.17, 15) is 10.1 Å². The Morgan fingerprint density at radius 3 is 2.85 bits per heavy atom. The van der Waals surface area contributed by atoms with Crippen LogP contribution in [0.25, 0.3) is 0 Å². The Hall–Kier alpha value is -1.62. The first kappa shape index (κ1) is 9.47. The standard InChI is InChI=1S/C8H10N2O3/c1-2-13-9-7-5-3-4-6-8(7)10(11)12/h3-6,9H,2H2,1H3. The quantitative estimate of drug-likeness (QED) is 0.571. The van der Waals surface area contributed by atoms with Gasteiger partial charge < -0.3 is 0 Å². The van der Waals surface area contributed by atoms with Crippen LogP contribution in [-0.4, -0.2) is 11.5 Å². The van der Waals surface area contributed by atoms with Crippen LogP contribution in [0.3, 0.4) is 0 Å². The van der Waals surface area contributed by atoms with Gasteiger partial charge in [0.05, 0.1) is 11.5 Å². The van der Waals surface area contributed by atoms with Crippen molar-refractivity contribution in [2.75, 3.05) is 12.1 Å². The van der Waals surface area contributed by atoms with Crippen LogP contribution in [0.2, 0.25) is 0 Å². The molecule has 1 rings (SSSR count). The highest BCUT2D eigenvalue weighted by molar-refractivity contribution is 5.59. The Bertz CT molecular complexity index is 301. The normalized spacial score (nSPS) is 9.62. The molecule has 0 aliphatic carbocycles. The first-order chi connectivity index (χ1) is 6.25. The van der Waals surface area contributed by atoms with E-state index in [-0.39, 0.29) is 5.69 Å². The number of nitrogens with zero attached hydrogens (tertiary/aromatic N) is 1. The van der Waals surface area contributed by atoms with Gasteiger partial charge in [-0.05, 0) is 13.0 Å². The lowest BCUT2D eigenvalue weighted by Crippen LogP contribution is -2.02. The monoisotopic (exact) mass is 182 g/mol. The SMILES string of the molecule is CCONc1ccccc1[N+](=O)[O-]. The van der Waals surface area contributed by atoms with E-state index < -0.39 is 4.92 Å². The van der Waals surface area contributed by atoms with Gasteiger partial charge in [0.25, 0.3) is 5.69 Å². The van der Waals surface area contributed by atoms with Crippen LogP contribution < -0.4 is 5.48 Å². The summed E-state index contributed by atoms with van der Waals surface area (Å²) in [6.07, 6.45) is 0. The third kappa shape index (κ3) is 2.41. The van der Waals surface area contributed by atoms with Crippen molar-refractivity contribution < 1.29 is 9.76 Å². The topological polar surface area (TPSA) is 64.4 Å². The Morgan fingerprint density at radius 2 is 2.23 bits per heavy atom. The number of nitro benzene ring substituents is 1. The Kier molecular flexibility index (Phi) is 3.22. The second-order valence-electron chi connectivity index (χ2n) is 2.31. The van der Waals surface area contributed by atoms with Crippen LogP contribution >= 0.6 is 0 Å². The lowest BCUT2D eigenvalue weighted by molar-refractivity contribution is -0.384. The minimum absolute atomic E-state index is 0.0101. The molecule has 5 nitrogen and oxygen atoms in total. The summed E-state index contributed by atoms with van der Waals surface area (Å²) in [5.74, 6) is 0. The molecule has 0 heterocycles. The van der Waals surface area contributed by atoms with Crippen LogP contribution in [0.4, 0.5) is 11.4 Å². The van der Waals surface area contributed by atoms with Crippen molar-refractivity contribution in [2.24, 2.45) is 0 Å². The lowest BCUT2D eigenvalue weighted by Gasteiger charge is -2.04. The molecule has 0 unspecified atom stereocenters. The van der Waals surface area contributed by atoms with Gasteiger partial charge in [-0.3, -0.25) is 20.4 Å². The molecule has 0 saturated heterocycles. The molecule has 0 saturated carbocycles. The van der Waals surface area contributed by atoms with Crippen molar-refractivity contribution in [3.8, 4) is 0 Å². The van der Waals surface area contributed by atoms with Gasteiger partial charge in [0.1, 0.15) is 5.69 Å². The van der Waals surface area contributed by atoms with E-state index in [0.29, 0.717) is 12.3 Å². The Morgan fingerprint density at radius 1 is 1.54 bits per heavy atom. The lowest BCUT2D eigenvalue weighted by atomic mass is 10.3. The van der Waals surface area contributed by atoms with Gasteiger partial charge >= 0.3 is 0 Å². The smallest absolute Gasteiger partial charge is 0.276 e. The third-order valence-electron chi connectivity index (χ3n) is 1.43. The summed E-state index contributed by atoms with van der Waals surface area (Å²) in [7, 11) is 0. The highest BCUT2D eigenvalue weighted by atomic mass is 16.6. The number of benzene rings is 1. The van der Waals surface area contributed by atoms with Gasteiger partial charge in [0.15, 0.2) is 0 Å². The van der Waals surface area contributed by atoms with E-state index in [1.54, 1.807) is 25.1 Å². The average molecular weight is 182 g/mol. The molecule has 0 amide bonds. The molecule has 1 aromatic rings. The predicted octanol–water partition coefficient (Wildman–Crippen LogP) is 1.96. The fourth-order valence-corrected chi connectivity index (χ4v) is 0.869. The summed E-state index contributed by atoms with van der Waals surface area (Å²) in [6.45, 7) is 2.24. The van der Waals surface area contributed by atoms with E-state index >= 15 is 0 Å². The second kappa shape index (κ2) is 4.42. The van der Waals surface area contributed by atoms with E-state index in [4.69, 9.17) is 4.84 Å². The van der Waals surface area contributed by atoms with Crippen molar-refractivity contribution in [2.45, 2.75) is 6.92 Å². The van der Waals surface area contributed by atoms with E-state index in [2.05, 4.69) is 5.48 Å². The van der Waals surface area contributed by atoms with E-state index in [1.807, 2.05) is 0 Å². The van der Waals surface area contributed by atoms with Crippen molar-refractivity contribution >= 4 is 11.4 Å². The summed E-state index contributed by atoms with van der Waals surface area (Å²) in [5, 5.41) is 10.5. The van der Waals surface area contributed by atoms with Crippen molar-refractivity contribution in [1.29, 1.82) is 0 Å². The number of nitro groups is 1. The average Bonchev–Trinajstić information content (AvgIpc) is 2.15. The molecule has 0 aromatic heterocycles. The maximum Gasteiger partial charge on any atom is 0.294 e. The summed E-state index contributed by atoms with van der Waals surface area (Å²) in [4.78, 5) is 14.9. The number of anilines is 1. The molecule has 0 atom stereocenters. The van der Waals surface area contributed by atoms with Crippen LogP contribution in [0.1, 0.15) is 6.92 Å². The predicted molar refractivity (Wildman–Crippen MR) is 48.3 cm³/mol. The Balaban J connectivity index is 2.84. The van der Waals surface area contributed by atoms with Crippen LogP contribution in [0.5, 0.6) is 0 Å². The number of hydrogen-bond donors (Lipinski definition) is 1. The molecule has 0 bridgehead atoms. The number of hydrogen-bond acceptors (Lipinski definition) is 4. The zero-order chi connectivity index (χ0) is 9.68. The third-order valence-corrected chi connectivity index (χ3v) is 1.43. The maximum absolute atomic E-state index is 10.5. The highest BCUT2D eigenvalue weighted by Gasteiger charge is 2.11. The van der Waals surface area contributed by atoms with Crippen LogP contribution in [0, 0.1) is 10.1 Å². The first-order valence-corrected chi connectivity index (χ1v) is 3.87. The maximum atomic E-state index is 10.5. The summed E-state index contributed by atoms with van der Waals surface area (Å²) in [5.41, 5.74) is 2.88. The largest absolute Gasteiger partial charge is 0.294 e. The molecule has 13 heavy (non-hydrogen) atoms. The molecular weight excluding hydrogens is 172 g/mol. The van der Waals surface area contributed by atoms with Gasteiger partial charge in [-0.25, -0.2) is 0 Å².